The van der Waals surface area contributed by atoms with Crippen molar-refractivity contribution in [1.29, 1.82) is 0 Å². The number of imide groups is 1. The molecule has 0 aliphatic carbocycles. The second-order valence-corrected chi connectivity index (χ2v) is 8.68. The summed E-state index contributed by atoms with van der Waals surface area (Å²) in [6.07, 6.45) is 1.98. The maximum atomic E-state index is 12.0. The van der Waals surface area contributed by atoms with E-state index in [2.05, 4.69) is 10.6 Å². The smallest absolute Gasteiger partial charge is 0.338 e. The van der Waals surface area contributed by atoms with Crippen LogP contribution in [0, 0.1) is 0 Å². The van der Waals surface area contributed by atoms with Crippen LogP contribution in [-0.2, 0) is 9.53 Å². The van der Waals surface area contributed by atoms with Crippen molar-refractivity contribution in [3.05, 3.63) is 35.4 Å². The number of benzene rings is 1. The Kier molecular flexibility index (Phi) is 8.31. The summed E-state index contributed by atoms with van der Waals surface area (Å²) in [5.41, 5.74) is 1.56. The molecule has 26 heavy (non-hydrogen) atoms. The van der Waals surface area contributed by atoms with E-state index in [4.69, 9.17) is 4.74 Å². The number of carbonyl (C=O) groups excluding carboxylic acids is 3. The number of amides is 3. The summed E-state index contributed by atoms with van der Waals surface area (Å²) < 4.78 is 5.37. The van der Waals surface area contributed by atoms with Gasteiger partial charge in [-0.25, -0.2) is 9.59 Å². The molecule has 0 bridgehead atoms. The maximum Gasteiger partial charge on any atom is 0.338 e. The Morgan fingerprint density at radius 2 is 1.85 bits per heavy atom. The van der Waals surface area contributed by atoms with Crippen LogP contribution in [0.2, 0.25) is 0 Å². The molecule has 1 heterocycles. The van der Waals surface area contributed by atoms with Gasteiger partial charge in [0.25, 0.3) is 5.91 Å². The number of carbonyl (C=O) groups is 3. The number of thioether (sulfide) groups is 2. The minimum Gasteiger partial charge on any atom is -0.452 e. The number of hydrogen-bond acceptors (Lipinski definition) is 6. The molecular formula is C18H24N2O4S2. The summed E-state index contributed by atoms with van der Waals surface area (Å²) in [5, 5.41) is 4.73. The zero-order valence-electron chi connectivity index (χ0n) is 14.9. The molecule has 0 spiro atoms. The van der Waals surface area contributed by atoms with Crippen LogP contribution in [0.5, 0.6) is 0 Å². The first-order valence-corrected chi connectivity index (χ1v) is 10.7. The SMILES string of the molecule is CC[C@H](C)NC(=O)NC(=O)COC(=O)c1ccc(C2SCCCS2)cc1. The highest BCUT2D eigenvalue weighted by atomic mass is 32.2. The molecule has 0 radical (unpaired) electrons. The Bertz CT molecular complexity index is 631. The van der Waals surface area contributed by atoms with E-state index in [1.165, 1.54) is 12.0 Å². The van der Waals surface area contributed by atoms with Gasteiger partial charge in [-0.05, 0) is 49.0 Å². The van der Waals surface area contributed by atoms with Crippen molar-refractivity contribution in [2.24, 2.45) is 0 Å². The first-order valence-electron chi connectivity index (χ1n) is 8.60. The number of ether oxygens (including phenoxy) is 1. The van der Waals surface area contributed by atoms with Gasteiger partial charge < -0.3 is 10.1 Å². The average molecular weight is 397 g/mol. The Balaban J connectivity index is 1.78. The Morgan fingerprint density at radius 1 is 1.19 bits per heavy atom. The standard InChI is InChI=1S/C18H24N2O4S2/c1-3-12(2)19-18(23)20-15(21)11-24-16(22)13-5-7-14(8-6-13)17-25-9-4-10-26-17/h5-8,12,17H,3-4,9-11H2,1-2H3,(H2,19,20,21,23)/t12-/m0/s1. The van der Waals surface area contributed by atoms with Gasteiger partial charge in [0.2, 0.25) is 0 Å². The monoisotopic (exact) mass is 396 g/mol. The summed E-state index contributed by atoms with van der Waals surface area (Å²) >= 11 is 3.82. The minimum absolute atomic E-state index is 0.0376. The average Bonchev–Trinajstić information content (AvgIpc) is 2.66. The molecule has 0 saturated carbocycles. The Labute approximate surface area is 162 Å². The topological polar surface area (TPSA) is 84.5 Å². The van der Waals surface area contributed by atoms with E-state index in [9.17, 15) is 14.4 Å². The van der Waals surface area contributed by atoms with Crippen molar-refractivity contribution in [3.63, 3.8) is 0 Å². The van der Waals surface area contributed by atoms with Gasteiger partial charge in [0.1, 0.15) is 0 Å². The molecule has 1 aromatic carbocycles. The van der Waals surface area contributed by atoms with E-state index in [-0.39, 0.29) is 6.04 Å². The van der Waals surface area contributed by atoms with Gasteiger partial charge in [-0.15, -0.1) is 23.5 Å². The molecule has 1 atom stereocenters. The fraction of sp³-hybridized carbons (Fsp3) is 0.500. The lowest BCUT2D eigenvalue weighted by Crippen LogP contribution is -2.44. The van der Waals surface area contributed by atoms with Gasteiger partial charge in [0, 0.05) is 6.04 Å². The fourth-order valence-electron chi connectivity index (χ4n) is 2.20. The van der Waals surface area contributed by atoms with Crippen molar-refractivity contribution < 1.29 is 19.1 Å². The number of esters is 1. The lowest BCUT2D eigenvalue weighted by Gasteiger charge is -2.21. The molecule has 6 nitrogen and oxygen atoms in total. The molecule has 142 valence electrons. The van der Waals surface area contributed by atoms with Crippen molar-refractivity contribution >= 4 is 41.4 Å². The second kappa shape index (κ2) is 10.5. The van der Waals surface area contributed by atoms with Gasteiger partial charge in [0.15, 0.2) is 6.61 Å². The molecular weight excluding hydrogens is 372 g/mol. The van der Waals surface area contributed by atoms with Crippen LogP contribution in [0.3, 0.4) is 0 Å². The third-order valence-electron chi connectivity index (χ3n) is 3.82. The first kappa shape index (κ1) is 20.6. The highest BCUT2D eigenvalue weighted by molar-refractivity contribution is 8.16. The van der Waals surface area contributed by atoms with E-state index in [1.807, 2.05) is 49.5 Å². The van der Waals surface area contributed by atoms with Gasteiger partial charge in [-0.1, -0.05) is 19.1 Å². The van der Waals surface area contributed by atoms with Crippen molar-refractivity contribution in [2.45, 2.75) is 37.3 Å². The van der Waals surface area contributed by atoms with Crippen LogP contribution in [0.4, 0.5) is 4.79 Å². The molecule has 8 heteroatoms. The summed E-state index contributed by atoms with van der Waals surface area (Å²) in [7, 11) is 0. The van der Waals surface area contributed by atoms with Crippen molar-refractivity contribution in [1.82, 2.24) is 10.6 Å². The summed E-state index contributed by atoms with van der Waals surface area (Å²) in [4.78, 5) is 35.2. The van der Waals surface area contributed by atoms with Crippen LogP contribution in [0.25, 0.3) is 0 Å². The second-order valence-electron chi connectivity index (χ2n) is 5.96. The van der Waals surface area contributed by atoms with E-state index >= 15 is 0 Å². The van der Waals surface area contributed by atoms with Crippen LogP contribution >= 0.6 is 23.5 Å². The molecule has 1 fully saturated rings. The number of nitrogens with one attached hydrogen (secondary N) is 2. The molecule has 1 aromatic rings. The third-order valence-corrected chi connectivity index (χ3v) is 6.84. The van der Waals surface area contributed by atoms with Crippen LogP contribution < -0.4 is 10.6 Å². The molecule has 0 aromatic heterocycles. The Hall–Kier alpha value is -1.67. The highest BCUT2D eigenvalue weighted by Gasteiger charge is 2.18. The molecule has 2 N–H and O–H groups in total. The molecule has 2 rings (SSSR count). The molecule has 1 aliphatic heterocycles. The maximum absolute atomic E-state index is 12.0. The van der Waals surface area contributed by atoms with E-state index in [0.29, 0.717) is 10.1 Å². The zero-order chi connectivity index (χ0) is 18.9. The molecule has 1 saturated heterocycles. The van der Waals surface area contributed by atoms with Gasteiger partial charge in [0.05, 0.1) is 10.1 Å². The van der Waals surface area contributed by atoms with Crippen molar-refractivity contribution in [3.8, 4) is 0 Å². The molecule has 3 amide bonds. The predicted molar refractivity (Wildman–Crippen MR) is 105 cm³/mol. The van der Waals surface area contributed by atoms with Crippen molar-refractivity contribution in [2.75, 3.05) is 18.1 Å². The number of rotatable bonds is 6. The quantitative estimate of drug-likeness (QED) is 0.718. The highest BCUT2D eigenvalue weighted by Crippen LogP contribution is 2.43. The predicted octanol–water partition coefficient (Wildman–Crippen LogP) is 3.34. The molecule has 1 aliphatic rings. The number of urea groups is 1. The molecule has 0 unspecified atom stereocenters. The minimum atomic E-state index is -0.661. The summed E-state index contributed by atoms with van der Waals surface area (Å²) in [6.45, 7) is 3.26. The number of hydrogen-bond donors (Lipinski definition) is 2. The largest absolute Gasteiger partial charge is 0.452 e. The normalized spacial score (nSPS) is 15.8. The van der Waals surface area contributed by atoms with E-state index in [1.54, 1.807) is 12.1 Å². The van der Waals surface area contributed by atoms with Crippen LogP contribution in [-0.4, -0.2) is 42.1 Å². The van der Waals surface area contributed by atoms with Gasteiger partial charge in [-0.3, -0.25) is 10.1 Å². The lowest BCUT2D eigenvalue weighted by molar-refractivity contribution is -0.123. The third kappa shape index (κ3) is 6.57. The first-order chi connectivity index (χ1) is 12.5. The summed E-state index contributed by atoms with van der Waals surface area (Å²) in [5.74, 6) is 1.06. The fourth-order valence-corrected chi connectivity index (χ4v) is 5.09. The van der Waals surface area contributed by atoms with Crippen LogP contribution in [0.15, 0.2) is 24.3 Å². The zero-order valence-corrected chi connectivity index (χ0v) is 16.6. The summed E-state index contributed by atoms with van der Waals surface area (Å²) in [6, 6.07) is 6.64. The Morgan fingerprint density at radius 3 is 2.46 bits per heavy atom. The van der Waals surface area contributed by atoms with E-state index < -0.39 is 24.5 Å². The van der Waals surface area contributed by atoms with Gasteiger partial charge >= 0.3 is 12.0 Å². The lowest BCUT2D eigenvalue weighted by atomic mass is 10.1. The van der Waals surface area contributed by atoms with Gasteiger partial charge in [-0.2, -0.15) is 0 Å². The van der Waals surface area contributed by atoms with E-state index in [0.717, 1.165) is 17.9 Å². The van der Waals surface area contributed by atoms with Crippen LogP contribution in [0.1, 0.15) is 47.2 Å².